The number of hydrogen-bond acceptors (Lipinski definition) is 4. The predicted molar refractivity (Wildman–Crippen MR) is 73.2 cm³/mol. The molecule has 1 fully saturated rings. The zero-order valence-electron chi connectivity index (χ0n) is 8.16. The topological polar surface area (TPSA) is 67.4 Å². The highest BCUT2D eigenvalue weighted by molar-refractivity contribution is 8.00. The van der Waals surface area contributed by atoms with Gasteiger partial charge in [-0.3, -0.25) is 14.7 Å². The van der Waals surface area contributed by atoms with Crippen LogP contribution in [-0.2, 0) is 14.1 Å². The molecule has 1 saturated heterocycles. The molecule has 1 rings (SSSR count). The van der Waals surface area contributed by atoms with Gasteiger partial charge >= 0.3 is 5.97 Å². The van der Waals surface area contributed by atoms with Gasteiger partial charge in [0, 0.05) is 12.5 Å². The quantitative estimate of drug-likeness (QED) is 0.734. The SMILES string of the molecule is C.O=C1NCCC1CC(NP)C(=O)OPP. The molecule has 0 radical (unpaired) electrons. The van der Waals surface area contributed by atoms with Crippen molar-refractivity contribution >= 4 is 38.7 Å². The van der Waals surface area contributed by atoms with E-state index < -0.39 is 6.04 Å². The third kappa shape index (κ3) is 4.59. The van der Waals surface area contributed by atoms with Gasteiger partial charge in [-0.25, -0.2) is 0 Å². The lowest BCUT2D eigenvalue weighted by Gasteiger charge is -2.16. The van der Waals surface area contributed by atoms with Gasteiger partial charge in [-0.15, -0.1) is 0 Å². The van der Waals surface area contributed by atoms with Crippen LogP contribution in [0.2, 0.25) is 0 Å². The molecule has 1 aliphatic rings. The molecule has 1 heterocycles. The number of nitrogens with one attached hydrogen (secondary N) is 2. The van der Waals surface area contributed by atoms with Crippen LogP contribution in [-0.4, -0.2) is 24.5 Å². The molecule has 0 aromatic rings. The second kappa shape index (κ2) is 8.31. The molecule has 8 heteroatoms. The van der Waals surface area contributed by atoms with Gasteiger partial charge in [0.1, 0.15) is 6.04 Å². The maximum atomic E-state index is 11.4. The van der Waals surface area contributed by atoms with Crippen LogP contribution in [0.25, 0.3) is 0 Å². The monoisotopic (exact) mass is 284 g/mol. The van der Waals surface area contributed by atoms with Crippen LogP contribution < -0.4 is 10.4 Å². The first-order valence-electron chi connectivity index (χ1n) is 4.59. The molecule has 0 spiro atoms. The van der Waals surface area contributed by atoms with Crippen molar-refractivity contribution < 1.29 is 14.1 Å². The summed E-state index contributed by atoms with van der Waals surface area (Å²) in [6, 6.07) is -0.420. The summed E-state index contributed by atoms with van der Waals surface area (Å²) in [5.41, 5.74) is 0. The van der Waals surface area contributed by atoms with Gasteiger partial charge in [0.15, 0.2) is 0 Å². The highest BCUT2D eigenvalue weighted by Crippen LogP contribution is 2.24. The Balaban J connectivity index is 0.00000225. The van der Waals surface area contributed by atoms with E-state index in [2.05, 4.69) is 28.7 Å². The Kier molecular flexibility index (Phi) is 8.40. The number of hydrogen-bond donors (Lipinski definition) is 2. The van der Waals surface area contributed by atoms with Crippen LogP contribution in [0.5, 0.6) is 0 Å². The molecule has 5 unspecified atom stereocenters. The summed E-state index contributed by atoms with van der Waals surface area (Å²) in [5, 5.41) is 5.53. The largest absolute Gasteiger partial charge is 0.443 e. The summed E-state index contributed by atoms with van der Waals surface area (Å²) in [4.78, 5) is 22.7. The first-order valence-corrected chi connectivity index (χ1v) is 7.88. The Bertz CT molecular complexity index is 253. The van der Waals surface area contributed by atoms with Crippen LogP contribution in [0, 0.1) is 5.92 Å². The minimum absolute atomic E-state index is 0. The lowest BCUT2D eigenvalue weighted by Crippen LogP contribution is -2.34. The van der Waals surface area contributed by atoms with Crippen molar-refractivity contribution in [3.8, 4) is 0 Å². The van der Waals surface area contributed by atoms with Crippen LogP contribution in [0.1, 0.15) is 20.3 Å². The molecule has 0 aromatic carbocycles. The van der Waals surface area contributed by atoms with Crippen molar-refractivity contribution in [3.63, 3.8) is 0 Å². The lowest BCUT2D eigenvalue weighted by atomic mass is 9.99. The minimum Gasteiger partial charge on any atom is -0.443 e. The minimum atomic E-state index is -0.420. The Labute approximate surface area is 102 Å². The fourth-order valence-corrected chi connectivity index (χ4v) is 2.39. The molecule has 2 N–H and O–H groups in total. The second-order valence-electron chi connectivity index (χ2n) is 3.27. The van der Waals surface area contributed by atoms with Gasteiger partial charge in [0.25, 0.3) is 0 Å². The number of carbonyl (C=O) groups is 2. The molecule has 0 aromatic heterocycles. The molecule has 1 aliphatic heterocycles. The maximum absolute atomic E-state index is 11.4. The number of rotatable bonds is 5. The second-order valence-corrected chi connectivity index (χ2v) is 4.75. The highest BCUT2D eigenvalue weighted by atomic mass is 32.0. The van der Waals surface area contributed by atoms with E-state index in [9.17, 15) is 9.59 Å². The van der Waals surface area contributed by atoms with Gasteiger partial charge in [-0.1, -0.05) is 25.7 Å². The first-order chi connectivity index (χ1) is 7.19. The van der Waals surface area contributed by atoms with Crippen molar-refractivity contribution in [2.24, 2.45) is 5.92 Å². The summed E-state index contributed by atoms with van der Waals surface area (Å²) < 4.78 is 4.88. The Morgan fingerprint density at radius 3 is 2.88 bits per heavy atom. The fourth-order valence-electron chi connectivity index (χ4n) is 1.52. The van der Waals surface area contributed by atoms with Crippen LogP contribution in [0.15, 0.2) is 0 Å². The summed E-state index contributed by atoms with van der Waals surface area (Å²) in [6.07, 6.45) is 1.28. The lowest BCUT2D eigenvalue weighted by molar-refractivity contribution is -0.135. The van der Waals surface area contributed by atoms with Crippen LogP contribution in [0.3, 0.4) is 0 Å². The fraction of sp³-hybridized carbons (Fsp3) is 0.750. The zero-order chi connectivity index (χ0) is 11.3. The Morgan fingerprint density at radius 2 is 2.44 bits per heavy atom. The molecule has 16 heavy (non-hydrogen) atoms. The zero-order valence-corrected chi connectivity index (χ0v) is 11.5. The summed E-state index contributed by atoms with van der Waals surface area (Å²) in [6.45, 7) is 0.702. The molecule has 1 amide bonds. The third-order valence-electron chi connectivity index (χ3n) is 2.33. The highest BCUT2D eigenvalue weighted by Gasteiger charge is 2.30. The molecule has 5 nitrogen and oxygen atoms in total. The van der Waals surface area contributed by atoms with Gasteiger partial charge in [-0.2, -0.15) is 0 Å². The average molecular weight is 284 g/mol. The van der Waals surface area contributed by atoms with Crippen molar-refractivity contribution in [2.75, 3.05) is 6.54 Å². The van der Waals surface area contributed by atoms with E-state index in [1.807, 2.05) is 0 Å². The number of amides is 1. The normalized spacial score (nSPS) is 21.6. The summed E-state index contributed by atoms with van der Waals surface area (Å²) >= 11 is 0. The average Bonchev–Trinajstić information content (AvgIpc) is 2.61. The van der Waals surface area contributed by atoms with Crippen molar-refractivity contribution in [1.29, 1.82) is 0 Å². The predicted octanol–water partition coefficient (Wildman–Crippen LogP) is 0.824. The van der Waals surface area contributed by atoms with Gasteiger partial charge in [0.05, 0.1) is 8.50 Å². The van der Waals surface area contributed by atoms with Gasteiger partial charge in [0.2, 0.25) is 5.91 Å². The van der Waals surface area contributed by atoms with E-state index in [1.165, 1.54) is 0 Å². The standard InChI is InChI=1S/C7H15N2O3P3.CH4/c10-6-4(1-2-8-6)3-5(9-13)7(11)12-15-14;/h4-5,9,15H,1-3,13-14H2,(H,8,10);1H4. The molecule has 0 aliphatic carbocycles. The molecule has 0 saturated carbocycles. The summed E-state index contributed by atoms with van der Waals surface area (Å²) in [7, 11) is 4.70. The van der Waals surface area contributed by atoms with E-state index in [-0.39, 0.29) is 33.7 Å². The first kappa shape index (κ1) is 16.2. The molecule has 5 atom stereocenters. The van der Waals surface area contributed by atoms with E-state index in [0.717, 1.165) is 6.42 Å². The third-order valence-corrected chi connectivity index (χ3v) is 3.40. The number of carbonyl (C=O) groups excluding carboxylic acids is 2. The van der Waals surface area contributed by atoms with E-state index in [0.29, 0.717) is 13.0 Å². The molecular formula is C8H19N2O3P3. The van der Waals surface area contributed by atoms with Gasteiger partial charge < -0.3 is 9.84 Å². The van der Waals surface area contributed by atoms with E-state index in [1.54, 1.807) is 0 Å². The molecule has 94 valence electrons. The van der Waals surface area contributed by atoms with Crippen LogP contribution >= 0.6 is 26.8 Å². The Hall–Kier alpha value is 0.190. The smallest absolute Gasteiger partial charge is 0.326 e. The maximum Gasteiger partial charge on any atom is 0.326 e. The molecular weight excluding hydrogens is 265 g/mol. The van der Waals surface area contributed by atoms with Crippen molar-refractivity contribution in [3.05, 3.63) is 0 Å². The van der Waals surface area contributed by atoms with E-state index in [4.69, 9.17) is 4.52 Å². The molecule has 0 bridgehead atoms. The van der Waals surface area contributed by atoms with Gasteiger partial charge in [-0.05, 0) is 12.8 Å². The van der Waals surface area contributed by atoms with Crippen molar-refractivity contribution in [2.45, 2.75) is 26.3 Å². The van der Waals surface area contributed by atoms with Crippen LogP contribution in [0.4, 0.5) is 0 Å². The summed E-state index contributed by atoms with van der Waals surface area (Å²) in [5.74, 6) is -0.358. The Morgan fingerprint density at radius 1 is 1.75 bits per heavy atom. The van der Waals surface area contributed by atoms with Crippen molar-refractivity contribution in [1.82, 2.24) is 10.4 Å². The van der Waals surface area contributed by atoms with E-state index >= 15 is 0 Å².